The molecule has 3 spiro atoms. The first-order valence-corrected chi connectivity index (χ1v) is 17.5. The topological polar surface area (TPSA) is 66.8 Å². The van der Waals surface area contributed by atoms with Crippen LogP contribution in [0.4, 0.5) is 13.6 Å². The fourth-order valence-electron chi connectivity index (χ4n) is 11.9. The molecule has 8 atom stereocenters. The average Bonchev–Trinajstić information content (AvgIpc) is 3.56. The lowest BCUT2D eigenvalue weighted by molar-refractivity contribution is -0.164. The Morgan fingerprint density at radius 3 is 2.50 bits per heavy atom. The van der Waals surface area contributed by atoms with E-state index in [-0.39, 0.29) is 34.7 Å². The predicted molar refractivity (Wildman–Crippen MR) is 178 cm³/mol. The highest BCUT2D eigenvalue weighted by Crippen LogP contribution is 2.79. The Balaban J connectivity index is 1.13. The van der Waals surface area contributed by atoms with Crippen molar-refractivity contribution >= 4 is 22.6 Å². The Kier molecular flexibility index (Phi) is 6.22. The number of hydrogen-bond donors (Lipinski definition) is 1. The van der Waals surface area contributed by atoms with E-state index in [1.54, 1.807) is 0 Å². The maximum Gasteiger partial charge on any atom is 0.410 e. The standard InChI is InChI=1S/C41H41F2NO4/c1-37-15-12-28(45)21-39(37)18-19-41(30(22-39)35(46)26-10-11-31(42)32(43)20-26)33(37)13-16-38(2)34(41)14-17-40(38)24-44(36(47)48-40)23-27-8-5-7-25-6-3-4-9-29(25)27/h3-11,18-20,22,28,33-34,45H,12-17,21,23-24H2,1-2H3/t28-,33+,34+,37+,38-,39-,40+,41-/m0/s1. The molecule has 2 bridgehead atoms. The van der Waals surface area contributed by atoms with Crippen molar-refractivity contribution in [2.24, 2.45) is 33.5 Å². The lowest BCUT2D eigenvalue weighted by atomic mass is 9.32. The van der Waals surface area contributed by atoms with Crippen LogP contribution >= 0.6 is 0 Å². The number of Topliss-reactive ketones (excluding diaryl/α,β-unsaturated/α-hetero) is 1. The summed E-state index contributed by atoms with van der Waals surface area (Å²) in [5, 5.41) is 13.2. The number of carbonyl (C=O) groups is 2. The van der Waals surface area contributed by atoms with Crippen molar-refractivity contribution in [2.45, 2.75) is 77.0 Å². The van der Waals surface area contributed by atoms with Crippen molar-refractivity contribution < 1.29 is 28.2 Å². The van der Waals surface area contributed by atoms with Crippen LogP contribution in [0.5, 0.6) is 0 Å². The lowest BCUT2D eigenvalue weighted by Gasteiger charge is -2.71. The van der Waals surface area contributed by atoms with Gasteiger partial charge in [-0.2, -0.15) is 0 Å². The number of carbonyl (C=O) groups excluding carboxylic acids is 2. The van der Waals surface area contributed by atoms with E-state index in [2.05, 4.69) is 56.3 Å². The number of hydrogen-bond acceptors (Lipinski definition) is 4. The van der Waals surface area contributed by atoms with Gasteiger partial charge in [-0.3, -0.25) is 9.69 Å². The Bertz CT molecular complexity index is 1970. The maximum absolute atomic E-state index is 14.6. The molecule has 1 saturated heterocycles. The average molecular weight is 650 g/mol. The van der Waals surface area contributed by atoms with E-state index in [0.717, 1.165) is 54.2 Å². The van der Waals surface area contributed by atoms with Crippen LogP contribution in [0.25, 0.3) is 10.8 Å². The van der Waals surface area contributed by atoms with Gasteiger partial charge in [-0.05, 0) is 96.7 Å². The molecule has 48 heavy (non-hydrogen) atoms. The first-order valence-electron chi connectivity index (χ1n) is 17.5. The Morgan fingerprint density at radius 1 is 0.917 bits per heavy atom. The molecule has 248 valence electrons. The van der Waals surface area contributed by atoms with Gasteiger partial charge in [0.15, 0.2) is 17.4 Å². The van der Waals surface area contributed by atoms with Crippen molar-refractivity contribution in [1.82, 2.24) is 4.90 Å². The summed E-state index contributed by atoms with van der Waals surface area (Å²) in [5.41, 5.74) is -0.618. The Hall–Kier alpha value is -3.84. The van der Waals surface area contributed by atoms with E-state index < -0.39 is 39.6 Å². The normalized spacial score (nSPS) is 39.3. The number of benzene rings is 3. The first kappa shape index (κ1) is 30.2. The SMILES string of the molecule is C[C@]12CC[C@H]3[C@@]4(C=C[C@@]5(C=C4C(=O)c4ccc(F)c(F)c4)C[C@@H](O)CC[C@]35C)[C@@H]1CC[C@@]21CN(Cc2cccc3ccccc23)C(=O)O1. The van der Waals surface area contributed by atoms with Crippen molar-refractivity contribution in [3.05, 3.63) is 107 Å². The molecule has 0 unspecified atom stereocenters. The van der Waals surface area contributed by atoms with E-state index in [9.17, 15) is 23.5 Å². The third-order valence-electron chi connectivity index (χ3n) is 14.3. The van der Waals surface area contributed by atoms with Gasteiger partial charge in [0.25, 0.3) is 0 Å². The van der Waals surface area contributed by atoms with Crippen molar-refractivity contribution in [2.75, 3.05) is 6.54 Å². The number of halogens is 2. The summed E-state index contributed by atoms with van der Waals surface area (Å²) in [5.74, 6) is -2.19. The van der Waals surface area contributed by atoms with E-state index >= 15 is 0 Å². The van der Waals surface area contributed by atoms with Crippen molar-refractivity contribution in [3.8, 4) is 0 Å². The molecular formula is C41H41F2NO4. The van der Waals surface area contributed by atoms with Crippen molar-refractivity contribution in [1.29, 1.82) is 0 Å². The molecule has 3 aromatic rings. The predicted octanol–water partition coefficient (Wildman–Crippen LogP) is 8.55. The maximum atomic E-state index is 14.6. The summed E-state index contributed by atoms with van der Waals surface area (Å²) in [6.45, 7) is 5.54. The van der Waals surface area contributed by atoms with Gasteiger partial charge < -0.3 is 9.84 Å². The summed E-state index contributed by atoms with van der Waals surface area (Å²) < 4.78 is 35.1. The van der Waals surface area contributed by atoms with Gasteiger partial charge in [0.1, 0.15) is 5.60 Å². The quantitative estimate of drug-likeness (QED) is 0.227. The second kappa shape index (κ2) is 9.87. The Morgan fingerprint density at radius 2 is 1.67 bits per heavy atom. The molecular weight excluding hydrogens is 608 g/mol. The summed E-state index contributed by atoms with van der Waals surface area (Å²) in [6.07, 6.45) is 11.1. The highest BCUT2D eigenvalue weighted by Gasteiger charge is 2.76. The zero-order valence-electron chi connectivity index (χ0n) is 27.5. The lowest BCUT2D eigenvalue weighted by Crippen LogP contribution is -2.67. The number of allylic oxidation sites excluding steroid dienone is 4. The third kappa shape index (κ3) is 3.69. The van der Waals surface area contributed by atoms with E-state index in [4.69, 9.17) is 4.74 Å². The number of nitrogens with zero attached hydrogens (tertiary/aromatic N) is 1. The van der Waals surface area contributed by atoms with Crippen LogP contribution < -0.4 is 0 Å². The van der Waals surface area contributed by atoms with E-state index in [0.29, 0.717) is 37.9 Å². The smallest absolute Gasteiger partial charge is 0.410 e. The number of aliphatic hydroxyl groups excluding tert-OH is 1. The molecule has 6 aliphatic carbocycles. The molecule has 7 aliphatic rings. The molecule has 4 fully saturated rings. The molecule has 0 radical (unpaired) electrons. The third-order valence-corrected chi connectivity index (χ3v) is 14.3. The Labute approximate surface area is 279 Å². The van der Waals surface area contributed by atoms with Gasteiger partial charge in [-0.25, -0.2) is 13.6 Å². The van der Waals surface area contributed by atoms with Crippen LogP contribution in [0.3, 0.4) is 0 Å². The van der Waals surface area contributed by atoms with Crippen LogP contribution in [0.15, 0.2) is 84.5 Å². The van der Waals surface area contributed by atoms with E-state index in [1.807, 2.05) is 23.1 Å². The minimum atomic E-state index is -1.04. The number of rotatable bonds is 4. The zero-order valence-corrected chi connectivity index (χ0v) is 27.5. The van der Waals surface area contributed by atoms with Gasteiger partial charge in [-0.1, -0.05) is 74.5 Å². The molecule has 7 heteroatoms. The van der Waals surface area contributed by atoms with Gasteiger partial charge in [0.05, 0.1) is 12.6 Å². The molecule has 3 saturated carbocycles. The number of ether oxygens (including phenoxy) is 1. The summed E-state index contributed by atoms with van der Waals surface area (Å²) in [4.78, 5) is 30.2. The fraction of sp³-hybridized carbons (Fsp3) is 0.463. The first-order chi connectivity index (χ1) is 23.0. The van der Waals surface area contributed by atoms with Gasteiger partial charge in [0, 0.05) is 33.9 Å². The summed E-state index contributed by atoms with van der Waals surface area (Å²) in [7, 11) is 0. The highest BCUT2D eigenvalue weighted by molar-refractivity contribution is 6.10. The molecule has 1 N–H and O–H groups in total. The van der Waals surface area contributed by atoms with Crippen molar-refractivity contribution in [3.63, 3.8) is 0 Å². The minimum absolute atomic E-state index is 0.00669. The van der Waals surface area contributed by atoms with Crippen LogP contribution in [-0.4, -0.2) is 40.1 Å². The molecule has 10 rings (SSSR count). The second-order valence-electron chi connectivity index (χ2n) is 16.1. The molecule has 0 aromatic heterocycles. The van der Waals surface area contributed by atoms with E-state index in [1.165, 1.54) is 6.07 Å². The number of aliphatic hydroxyl groups is 1. The zero-order chi connectivity index (χ0) is 33.3. The molecule has 1 amide bonds. The number of fused-ring (bicyclic) bond motifs is 3. The van der Waals surface area contributed by atoms with Gasteiger partial charge in [-0.15, -0.1) is 0 Å². The molecule has 5 nitrogen and oxygen atoms in total. The molecule has 3 aromatic carbocycles. The number of amides is 1. The molecule has 1 aliphatic heterocycles. The minimum Gasteiger partial charge on any atom is -0.440 e. The van der Waals surface area contributed by atoms with Crippen LogP contribution in [0, 0.1) is 45.1 Å². The second-order valence-corrected chi connectivity index (χ2v) is 16.1. The van der Waals surface area contributed by atoms with Crippen LogP contribution in [0.2, 0.25) is 0 Å². The molecule has 1 heterocycles. The van der Waals surface area contributed by atoms with Crippen LogP contribution in [0.1, 0.15) is 74.7 Å². The van der Waals surface area contributed by atoms with Crippen LogP contribution in [-0.2, 0) is 11.3 Å². The fourth-order valence-corrected chi connectivity index (χ4v) is 11.9. The largest absolute Gasteiger partial charge is 0.440 e. The summed E-state index contributed by atoms with van der Waals surface area (Å²) >= 11 is 0. The highest BCUT2D eigenvalue weighted by atomic mass is 19.2. The number of ketones is 1. The summed E-state index contributed by atoms with van der Waals surface area (Å²) in [6, 6.07) is 17.8. The van der Waals surface area contributed by atoms with Gasteiger partial charge in [0.2, 0.25) is 0 Å². The van der Waals surface area contributed by atoms with Gasteiger partial charge >= 0.3 is 6.09 Å². The monoisotopic (exact) mass is 649 g/mol.